The van der Waals surface area contributed by atoms with Crippen molar-refractivity contribution in [1.29, 1.82) is 0 Å². The number of benzene rings is 3. The summed E-state index contributed by atoms with van der Waals surface area (Å²) < 4.78 is 18.3. The molecule has 1 aromatic heterocycles. The maximum absolute atomic E-state index is 11.1. The molecule has 0 bridgehead atoms. The van der Waals surface area contributed by atoms with Crippen molar-refractivity contribution < 1.29 is 19.3 Å². The number of aliphatic hydroxyl groups is 1. The second kappa shape index (κ2) is 9.38. The minimum atomic E-state index is -0.798. The van der Waals surface area contributed by atoms with Crippen LogP contribution in [0, 0.1) is 6.92 Å². The van der Waals surface area contributed by atoms with E-state index in [2.05, 4.69) is 10.3 Å². The molecule has 1 atom stereocenters. The Morgan fingerprint density at radius 2 is 1.75 bits per heavy atom. The smallest absolute Gasteiger partial charge is 0.124 e. The Hall–Kier alpha value is -3.42. The molecule has 32 heavy (non-hydrogen) atoms. The average molecular weight is 434 g/mol. The highest BCUT2D eigenvalue weighted by atomic mass is 16.5. The third-order valence-corrected chi connectivity index (χ3v) is 5.68. The van der Waals surface area contributed by atoms with Crippen LogP contribution in [0.2, 0.25) is 0 Å². The topological polar surface area (TPSA) is 78.6 Å². The van der Waals surface area contributed by atoms with Gasteiger partial charge >= 0.3 is 0 Å². The zero-order valence-corrected chi connectivity index (χ0v) is 18.7. The summed E-state index contributed by atoms with van der Waals surface area (Å²) >= 11 is 0. The van der Waals surface area contributed by atoms with E-state index in [4.69, 9.17) is 14.2 Å². The number of hydrogen-bond acceptors (Lipinski definition) is 6. The highest BCUT2D eigenvalue weighted by Gasteiger charge is 2.18. The molecule has 1 heterocycles. The lowest BCUT2D eigenvalue weighted by Crippen LogP contribution is -2.05. The first-order valence-corrected chi connectivity index (χ1v) is 10.4. The quantitative estimate of drug-likeness (QED) is 0.451. The van der Waals surface area contributed by atoms with Crippen LogP contribution in [0.4, 0.5) is 0 Å². The van der Waals surface area contributed by atoms with E-state index in [9.17, 15) is 5.11 Å². The zero-order valence-electron chi connectivity index (χ0n) is 18.7. The minimum Gasteiger partial charge on any atom is -0.497 e. The lowest BCUT2D eigenvalue weighted by Gasteiger charge is -2.17. The number of rotatable bonds is 8. The van der Waals surface area contributed by atoms with Gasteiger partial charge in [0, 0.05) is 12.6 Å². The van der Waals surface area contributed by atoms with Crippen molar-refractivity contribution in [2.24, 2.45) is 7.05 Å². The van der Waals surface area contributed by atoms with Crippen LogP contribution in [0.1, 0.15) is 33.9 Å². The highest BCUT2D eigenvalue weighted by Crippen LogP contribution is 2.31. The van der Waals surface area contributed by atoms with Gasteiger partial charge in [0.05, 0.1) is 33.0 Å². The standard InChI is InChI=1S/C25H27N3O4/c1-16-21(10-11-22-24(16)26-27-28(22)2)25(29)18-7-12-23(31-4)19(13-18)15-32-14-17-5-8-20(30-3)9-6-17/h5-13,25,29H,14-15H2,1-4H3. The van der Waals surface area contributed by atoms with E-state index in [0.29, 0.717) is 13.2 Å². The van der Waals surface area contributed by atoms with Crippen LogP contribution in [0.15, 0.2) is 54.6 Å². The van der Waals surface area contributed by atoms with Crippen LogP contribution in [-0.2, 0) is 25.0 Å². The van der Waals surface area contributed by atoms with E-state index in [1.54, 1.807) is 18.9 Å². The molecule has 0 amide bonds. The van der Waals surface area contributed by atoms with Crippen LogP contribution in [-0.4, -0.2) is 34.3 Å². The maximum atomic E-state index is 11.1. The third-order valence-electron chi connectivity index (χ3n) is 5.68. The van der Waals surface area contributed by atoms with Crippen LogP contribution in [0.5, 0.6) is 11.5 Å². The molecule has 1 N–H and O–H groups in total. The van der Waals surface area contributed by atoms with Crippen molar-refractivity contribution in [3.63, 3.8) is 0 Å². The lowest BCUT2D eigenvalue weighted by molar-refractivity contribution is 0.105. The van der Waals surface area contributed by atoms with Gasteiger partial charge in [-0.25, -0.2) is 4.68 Å². The first-order valence-electron chi connectivity index (χ1n) is 10.4. The van der Waals surface area contributed by atoms with Crippen molar-refractivity contribution in [3.8, 4) is 11.5 Å². The van der Waals surface area contributed by atoms with E-state index in [1.807, 2.05) is 68.6 Å². The third kappa shape index (κ3) is 4.30. The Labute approximate surface area is 187 Å². The van der Waals surface area contributed by atoms with Gasteiger partial charge in [-0.2, -0.15) is 0 Å². The summed E-state index contributed by atoms with van der Waals surface area (Å²) in [6.07, 6.45) is -0.798. The Kier molecular flexibility index (Phi) is 6.39. The number of aromatic nitrogens is 3. The molecule has 166 valence electrons. The molecule has 3 aromatic carbocycles. The summed E-state index contributed by atoms with van der Waals surface area (Å²) in [5.74, 6) is 1.53. The zero-order chi connectivity index (χ0) is 22.7. The second-order valence-electron chi connectivity index (χ2n) is 7.68. The van der Waals surface area contributed by atoms with Gasteiger partial charge in [-0.15, -0.1) is 5.10 Å². The molecule has 0 aliphatic heterocycles. The van der Waals surface area contributed by atoms with E-state index in [-0.39, 0.29) is 0 Å². The molecule has 4 aromatic rings. The summed E-state index contributed by atoms with van der Waals surface area (Å²) in [6.45, 7) is 2.78. The molecule has 0 saturated carbocycles. The molecule has 0 aliphatic carbocycles. The molecule has 0 radical (unpaired) electrons. The Morgan fingerprint density at radius 1 is 0.969 bits per heavy atom. The normalized spacial score (nSPS) is 12.2. The molecular formula is C25H27N3O4. The fourth-order valence-corrected chi connectivity index (χ4v) is 3.81. The number of aliphatic hydroxyl groups excluding tert-OH is 1. The molecule has 0 aliphatic rings. The predicted molar refractivity (Wildman–Crippen MR) is 122 cm³/mol. The summed E-state index contributed by atoms with van der Waals surface area (Å²) in [7, 11) is 5.13. The summed E-state index contributed by atoms with van der Waals surface area (Å²) in [6, 6.07) is 17.3. The monoisotopic (exact) mass is 433 g/mol. The number of ether oxygens (including phenoxy) is 3. The predicted octanol–water partition coefficient (Wildman–Crippen LogP) is 4.09. The molecule has 0 saturated heterocycles. The molecule has 0 spiro atoms. The number of hydrogen-bond donors (Lipinski definition) is 1. The number of methoxy groups -OCH3 is 2. The van der Waals surface area contributed by atoms with Crippen LogP contribution >= 0.6 is 0 Å². The van der Waals surface area contributed by atoms with Crippen LogP contribution in [0.25, 0.3) is 11.0 Å². The van der Waals surface area contributed by atoms with Gasteiger partial charge in [-0.3, -0.25) is 0 Å². The van der Waals surface area contributed by atoms with Gasteiger partial charge in [0.15, 0.2) is 0 Å². The fraction of sp³-hybridized carbons (Fsp3) is 0.280. The molecule has 4 rings (SSSR count). The first-order chi connectivity index (χ1) is 15.5. The first kappa shape index (κ1) is 21.8. The van der Waals surface area contributed by atoms with Crippen LogP contribution in [0.3, 0.4) is 0 Å². The molecule has 7 nitrogen and oxygen atoms in total. The largest absolute Gasteiger partial charge is 0.497 e. The lowest BCUT2D eigenvalue weighted by atomic mass is 9.95. The molecular weight excluding hydrogens is 406 g/mol. The minimum absolute atomic E-state index is 0.359. The van der Waals surface area contributed by atoms with E-state index >= 15 is 0 Å². The molecule has 0 fully saturated rings. The van der Waals surface area contributed by atoms with Gasteiger partial charge < -0.3 is 19.3 Å². The SMILES string of the molecule is COc1ccc(COCc2cc(C(O)c3ccc4c(nnn4C)c3C)ccc2OC)cc1. The molecule has 7 heteroatoms. The highest BCUT2D eigenvalue weighted by molar-refractivity contribution is 5.79. The van der Waals surface area contributed by atoms with E-state index in [1.165, 1.54) is 0 Å². The Bertz CT molecular complexity index is 1220. The molecule has 1 unspecified atom stereocenters. The summed E-state index contributed by atoms with van der Waals surface area (Å²) in [5, 5.41) is 19.4. The van der Waals surface area contributed by atoms with Gasteiger partial charge in [0.1, 0.15) is 23.1 Å². The van der Waals surface area contributed by atoms with Gasteiger partial charge in [-0.1, -0.05) is 29.5 Å². The average Bonchev–Trinajstić information content (AvgIpc) is 3.21. The Balaban J connectivity index is 1.53. The summed E-state index contributed by atoms with van der Waals surface area (Å²) in [5.41, 5.74) is 6.12. The van der Waals surface area contributed by atoms with Crippen molar-refractivity contribution >= 4 is 11.0 Å². The van der Waals surface area contributed by atoms with Gasteiger partial charge in [0.25, 0.3) is 0 Å². The van der Waals surface area contributed by atoms with Crippen LogP contribution < -0.4 is 9.47 Å². The number of nitrogens with zero attached hydrogens (tertiary/aromatic N) is 3. The van der Waals surface area contributed by atoms with E-state index < -0.39 is 6.10 Å². The number of aryl methyl sites for hydroxylation is 2. The second-order valence-corrected chi connectivity index (χ2v) is 7.68. The van der Waals surface area contributed by atoms with Gasteiger partial charge in [0.2, 0.25) is 0 Å². The summed E-state index contributed by atoms with van der Waals surface area (Å²) in [4.78, 5) is 0. The number of fused-ring (bicyclic) bond motifs is 1. The van der Waals surface area contributed by atoms with E-state index in [0.717, 1.165) is 50.3 Å². The van der Waals surface area contributed by atoms with Crippen molar-refractivity contribution in [3.05, 3.63) is 82.4 Å². The van der Waals surface area contributed by atoms with Crippen molar-refractivity contribution in [1.82, 2.24) is 15.0 Å². The van der Waals surface area contributed by atoms with Crippen molar-refractivity contribution in [2.45, 2.75) is 26.2 Å². The van der Waals surface area contributed by atoms with Gasteiger partial charge in [-0.05, 0) is 59.5 Å². The fourth-order valence-electron chi connectivity index (χ4n) is 3.81. The maximum Gasteiger partial charge on any atom is 0.124 e. The van der Waals surface area contributed by atoms with Crippen molar-refractivity contribution in [2.75, 3.05) is 14.2 Å². The Morgan fingerprint density at radius 3 is 2.47 bits per heavy atom.